The van der Waals surface area contributed by atoms with Crippen molar-refractivity contribution in [2.24, 2.45) is 0 Å². The summed E-state index contributed by atoms with van der Waals surface area (Å²) in [5, 5.41) is 13.7. The predicted molar refractivity (Wildman–Crippen MR) is 101 cm³/mol. The fourth-order valence-electron chi connectivity index (χ4n) is 2.95. The molecule has 0 saturated heterocycles. The molecule has 0 fully saturated rings. The lowest BCUT2D eigenvalue weighted by atomic mass is 10.0. The van der Waals surface area contributed by atoms with Crippen LogP contribution in [0.1, 0.15) is 46.0 Å². The number of hydrogen-bond donors (Lipinski definition) is 1. The van der Waals surface area contributed by atoms with E-state index in [1.807, 2.05) is 17.5 Å². The van der Waals surface area contributed by atoms with Crippen molar-refractivity contribution >= 4 is 28.9 Å². The number of thiophene rings is 1. The average Bonchev–Trinajstić information content (AvgIpc) is 3.34. The second-order valence-electron chi connectivity index (χ2n) is 6.30. The van der Waals surface area contributed by atoms with Crippen LogP contribution < -0.4 is 0 Å². The van der Waals surface area contributed by atoms with Gasteiger partial charge >= 0.3 is 5.97 Å². The number of Topliss-reactive ketones (excluding diaryl/α,β-unsaturated/α-hetero) is 2. The number of ketones is 2. The minimum atomic E-state index is -1.02. The Morgan fingerprint density at radius 1 is 1.32 bits per heavy atom. The Kier molecular flexibility index (Phi) is 5.50. The zero-order valence-corrected chi connectivity index (χ0v) is 16.7. The number of hydrogen-bond acceptors (Lipinski definition) is 8. The van der Waals surface area contributed by atoms with Crippen LogP contribution in [0.15, 0.2) is 17.5 Å². The van der Waals surface area contributed by atoms with Gasteiger partial charge in [0, 0.05) is 11.3 Å². The maximum atomic E-state index is 12.6. The summed E-state index contributed by atoms with van der Waals surface area (Å²) in [4.78, 5) is 41.4. The summed E-state index contributed by atoms with van der Waals surface area (Å²) >= 11 is 1.46. The minimum Gasteiger partial charge on any atom is -0.453 e. The smallest absolute Gasteiger partial charge is 0.330 e. The summed E-state index contributed by atoms with van der Waals surface area (Å²) in [6.45, 7) is 6.06. The van der Waals surface area contributed by atoms with Gasteiger partial charge in [0.05, 0.1) is 10.6 Å². The van der Waals surface area contributed by atoms with E-state index in [1.165, 1.54) is 25.2 Å². The highest BCUT2D eigenvalue weighted by Crippen LogP contribution is 2.21. The van der Waals surface area contributed by atoms with E-state index in [-0.39, 0.29) is 18.0 Å². The second kappa shape index (κ2) is 7.85. The van der Waals surface area contributed by atoms with Crippen molar-refractivity contribution in [3.8, 4) is 10.7 Å². The van der Waals surface area contributed by atoms with Crippen LogP contribution in [0.5, 0.6) is 0 Å². The maximum Gasteiger partial charge on any atom is 0.330 e. The van der Waals surface area contributed by atoms with Crippen LogP contribution >= 0.6 is 11.3 Å². The number of aryl methyl sites for hydroxylation is 1. The summed E-state index contributed by atoms with van der Waals surface area (Å²) in [6, 6.07) is 3.71. The van der Waals surface area contributed by atoms with E-state index < -0.39 is 17.9 Å². The van der Waals surface area contributed by atoms with E-state index >= 15 is 0 Å². The molecule has 1 N–H and O–H groups in total. The Morgan fingerprint density at radius 2 is 2.07 bits per heavy atom. The van der Waals surface area contributed by atoms with Gasteiger partial charge in [-0.15, -0.1) is 21.5 Å². The largest absolute Gasteiger partial charge is 0.453 e. The number of nitrogens with zero attached hydrogens (tertiary/aromatic N) is 4. The van der Waals surface area contributed by atoms with Crippen LogP contribution in [-0.4, -0.2) is 48.8 Å². The fraction of sp³-hybridized carbons (Fsp3) is 0.333. The van der Waals surface area contributed by atoms with E-state index in [0.29, 0.717) is 22.6 Å². The molecule has 1 atom stereocenters. The van der Waals surface area contributed by atoms with Crippen molar-refractivity contribution in [1.82, 2.24) is 25.2 Å². The van der Waals surface area contributed by atoms with Gasteiger partial charge in [0.2, 0.25) is 11.6 Å². The van der Waals surface area contributed by atoms with E-state index in [2.05, 4.69) is 20.4 Å². The van der Waals surface area contributed by atoms with Gasteiger partial charge in [0.15, 0.2) is 18.4 Å². The molecular formula is C18H19N5O4S. The molecular weight excluding hydrogens is 382 g/mol. The number of aromatic nitrogens is 5. The molecule has 0 spiro atoms. The molecule has 9 nitrogen and oxygen atoms in total. The number of nitrogens with one attached hydrogen (secondary N) is 1. The van der Waals surface area contributed by atoms with Gasteiger partial charge in [0.1, 0.15) is 0 Å². The van der Waals surface area contributed by atoms with Gasteiger partial charge in [-0.3, -0.25) is 9.59 Å². The van der Waals surface area contributed by atoms with Crippen molar-refractivity contribution < 1.29 is 19.1 Å². The van der Waals surface area contributed by atoms with Crippen molar-refractivity contribution in [2.75, 3.05) is 0 Å². The quantitative estimate of drug-likeness (QED) is 0.477. The maximum absolute atomic E-state index is 12.6. The molecule has 0 aliphatic carbocycles. The van der Waals surface area contributed by atoms with Crippen molar-refractivity contribution in [1.29, 1.82) is 0 Å². The van der Waals surface area contributed by atoms with Crippen molar-refractivity contribution in [3.63, 3.8) is 0 Å². The molecule has 0 amide bonds. The Balaban J connectivity index is 1.65. The third-order valence-electron chi connectivity index (χ3n) is 4.18. The highest BCUT2D eigenvalue weighted by molar-refractivity contribution is 7.13. The second-order valence-corrected chi connectivity index (χ2v) is 7.25. The van der Waals surface area contributed by atoms with Gasteiger partial charge in [-0.05, 0) is 49.9 Å². The molecule has 3 rings (SSSR count). The minimum absolute atomic E-state index is 0.131. The number of carbonyl (C=O) groups is 3. The van der Waals surface area contributed by atoms with Gasteiger partial charge < -0.3 is 9.72 Å². The van der Waals surface area contributed by atoms with Crippen molar-refractivity contribution in [3.05, 3.63) is 40.0 Å². The summed E-state index contributed by atoms with van der Waals surface area (Å²) in [5.41, 5.74) is 1.91. The summed E-state index contributed by atoms with van der Waals surface area (Å²) in [5.74, 6) is -0.786. The standard InChI is InChI=1S/C18H19N5O4S/c1-9-15(11(3)24)10(2)19-16(9)17(26)12(4)27-14(25)8-23-21-18(20-22-23)13-6-5-7-28-13/h5-7,12,19H,8H2,1-4H3/t12-/m0/s1. The van der Waals surface area contributed by atoms with Crippen molar-refractivity contribution in [2.45, 2.75) is 40.3 Å². The first-order valence-electron chi connectivity index (χ1n) is 8.53. The average molecular weight is 401 g/mol. The third-order valence-corrected chi connectivity index (χ3v) is 5.04. The van der Waals surface area contributed by atoms with Crippen LogP contribution in [0, 0.1) is 13.8 Å². The van der Waals surface area contributed by atoms with Crippen LogP contribution in [-0.2, 0) is 16.1 Å². The number of tetrazole rings is 1. The molecule has 3 aromatic rings. The Labute approximate surface area is 164 Å². The molecule has 0 unspecified atom stereocenters. The first-order chi connectivity index (χ1) is 13.3. The summed E-state index contributed by atoms with van der Waals surface area (Å²) in [6.07, 6.45) is -1.02. The number of aromatic amines is 1. The topological polar surface area (TPSA) is 120 Å². The molecule has 0 aliphatic rings. The lowest BCUT2D eigenvalue weighted by molar-refractivity contribution is -0.147. The zero-order valence-electron chi connectivity index (χ0n) is 15.8. The molecule has 3 heterocycles. The van der Waals surface area contributed by atoms with E-state index in [4.69, 9.17) is 4.74 Å². The van der Waals surface area contributed by atoms with E-state index in [1.54, 1.807) is 13.8 Å². The molecule has 0 aliphatic heterocycles. The summed E-state index contributed by atoms with van der Waals surface area (Å²) < 4.78 is 5.22. The van der Waals surface area contributed by atoms with Crippen LogP contribution in [0.3, 0.4) is 0 Å². The molecule has 28 heavy (non-hydrogen) atoms. The number of rotatable bonds is 7. The van der Waals surface area contributed by atoms with Gasteiger partial charge in [-0.1, -0.05) is 6.07 Å². The Morgan fingerprint density at radius 3 is 2.68 bits per heavy atom. The Hall–Kier alpha value is -3.14. The lowest BCUT2D eigenvalue weighted by Crippen LogP contribution is -2.27. The molecule has 3 aromatic heterocycles. The van der Waals surface area contributed by atoms with E-state index in [0.717, 1.165) is 9.67 Å². The predicted octanol–water partition coefficient (Wildman–Crippen LogP) is 2.36. The molecule has 0 radical (unpaired) electrons. The third kappa shape index (κ3) is 3.91. The SMILES string of the molecule is CC(=O)c1c(C)[nH]c(C(=O)[C@H](C)OC(=O)Cn2nnc(-c3cccs3)n2)c1C. The number of ether oxygens (including phenoxy) is 1. The highest BCUT2D eigenvalue weighted by Gasteiger charge is 2.26. The number of carbonyl (C=O) groups excluding carboxylic acids is 3. The fourth-order valence-corrected chi connectivity index (χ4v) is 3.59. The molecule has 0 aromatic carbocycles. The molecule has 0 saturated carbocycles. The zero-order chi connectivity index (χ0) is 20.4. The molecule has 0 bridgehead atoms. The van der Waals surface area contributed by atoms with Gasteiger partial charge in [-0.25, -0.2) is 4.79 Å². The number of H-pyrrole nitrogens is 1. The van der Waals surface area contributed by atoms with Gasteiger partial charge in [-0.2, -0.15) is 4.80 Å². The van der Waals surface area contributed by atoms with E-state index in [9.17, 15) is 14.4 Å². The number of esters is 1. The van der Waals surface area contributed by atoms with Gasteiger partial charge in [0.25, 0.3) is 0 Å². The first kappa shape index (κ1) is 19.6. The Bertz CT molecular complexity index is 1030. The monoisotopic (exact) mass is 401 g/mol. The first-order valence-corrected chi connectivity index (χ1v) is 9.41. The molecule has 10 heteroatoms. The molecule has 146 valence electrons. The summed E-state index contributed by atoms with van der Waals surface area (Å²) in [7, 11) is 0. The van der Waals surface area contributed by atoms with Crippen LogP contribution in [0.25, 0.3) is 10.7 Å². The van der Waals surface area contributed by atoms with Crippen LogP contribution in [0.4, 0.5) is 0 Å². The highest BCUT2D eigenvalue weighted by atomic mass is 32.1. The lowest BCUT2D eigenvalue weighted by Gasteiger charge is -2.11. The van der Waals surface area contributed by atoms with Crippen LogP contribution in [0.2, 0.25) is 0 Å². The normalized spacial score (nSPS) is 12.0.